The van der Waals surface area contributed by atoms with E-state index in [9.17, 15) is 9.18 Å². The molecule has 0 spiro atoms. The largest absolute Gasteiger partial charge is 0.325 e. The fourth-order valence-electron chi connectivity index (χ4n) is 3.58. The van der Waals surface area contributed by atoms with Gasteiger partial charge in [-0.15, -0.1) is 0 Å². The third-order valence-electron chi connectivity index (χ3n) is 5.10. The number of nitrogens with two attached hydrogens (primary N) is 1. The van der Waals surface area contributed by atoms with Gasteiger partial charge in [-0.05, 0) is 61.3 Å². The molecule has 1 amide bonds. The summed E-state index contributed by atoms with van der Waals surface area (Å²) in [7, 11) is 0. The van der Waals surface area contributed by atoms with Crippen LogP contribution in [-0.4, -0.2) is 38.6 Å². The van der Waals surface area contributed by atoms with Crippen molar-refractivity contribution in [3.05, 3.63) is 65.7 Å². The Labute approximate surface area is 168 Å². The maximum atomic E-state index is 13.1. The lowest BCUT2D eigenvalue weighted by molar-refractivity contribution is -0.120. The van der Waals surface area contributed by atoms with Gasteiger partial charge in [-0.1, -0.05) is 12.1 Å². The first-order chi connectivity index (χ1) is 14.1. The normalized spacial score (nSPS) is 16.8. The summed E-state index contributed by atoms with van der Waals surface area (Å²) in [5.41, 5.74) is 8.11. The average Bonchev–Trinajstić information content (AvgIpc) is 3.40. The highest BCUT2D eigenvalue weighted by molar-refractivity contribution is 5.95. The Morgan fingerprint density at radius 3 is 2.66 bits per heavy atom. The first kappa shape index (κ1) is 19.2. The molecular formula is C21H23FN6O. The molecule has 8 heteroatoms. The Morgan fingerprint density at radius 1 is 1.21 bits per heavy atom. The fourth-order valence-corrected chi connectivity index (χ4v) is 3.58. The lowest BCUT2D eigenvalue weighted by Crippen LogP contribution is -2.39. The lowest BCUT2D eigenvalue weighted by Gasteiger charge is -2.23. The monoisotopic (exact) mass is 394 g/mol. The molecule has 1 aliphatic heterocycles. The van der Waals surface area contributed by atoms with E-state index in [0.717, 1.165) is 36.2 Å². The van der Waals surface area contributed by atoms with Gasteiger partial charge in [0.1, 0.15) is 11.6 Å². The van der Waals surface area contributed by atoms with Crippen molar-refractivity contribution >= 4 is 11.6 Å². The molecule has 2 heterocycles. The second kappa shape index (κ2) is 8.50. The average molecular weight is 394 g/mol. The number of likely N-dealkylation sites (tertiary alicyclic amines) is 1. The summed E-state index contributed by atoms with van der Waals surface area (Å²) in [6.45, 7) is 1.78. The van der Waals surface area contributed by atoms with Crippen LogP contribution in [0.15, 0.2) is 48.5 Å². The van der Waals surface area contributed by atoms with Crippen LogP contribution in [0, 0.1) is 5.82 Å². The summed E-state index contributed by atoms with van der Waals surface area (Å²) in [5.74, 6) is 0.919. The van der Waals surface area contributed by atoms with Crippen molar-refractivity contribution in [1.82, 2.24) is 20.1 Å². The van der Waals surface area contributed by atoms with Gasteiger partial charge in [0.2, 0.25) is 5.91 Å². The third kappa shape index (κ3) is 4.49. The van der Waals surface area contributed by atoms with Gasteiger partial charge in [-0.25, -0.2) is 9.37 Å². The predicted molar refractivity (Wildman–Crippen MR) is 108 cm³/mol. The summed E-state index contributed by atoms with van der Waals surface area (Å²) in [6, 6.07) is 13.6. The van der Waals surface area contributed by atoms with Crippen LogP contribution in [0.25, 0.3) is 11.4 Å². The molecule has 0 radical (unpaired) electrons. The van der Waals surface area contributed by atoms with Crippen LogP contribution < -0.4 is 11.1 Å². The van der Waals surface area contributed by atoms with Crippen LogP contribution >= 0.6 is 0 Å². The molecular weight excluding hydrogens is 371 g/mol. The van der Waals surface area contributed by atoms with Gasteiger partial charge in [0.15, 0.2) is 5.82 Å². The van der Waals surface area contributed by atoms with Crippen molar-refractivity contribution in [2.45, 2.75) is 32.0 Å². The number of hydrogen-bond donors (Lipinski definition) is 3. The fraction of sp³-hybridized carbons (Fsp3) is 0.286. The number of hydrogen-bond acceptors (Lipinski definition) is 5. The minimum atomic E-state index is -0.253. The SMILES string of the molecule is NCc1nc(-c2ccc(NC(=O)C3CCCN3Cc3ccc(F)cc3)cc2)n[nH]1. The van der Waals surface area contributed by atoms with E-state index >= 15 is 0 Å². The van der Waals surface area contributed by atoms with E-state index in [2.05, 4.69) is 25.4 Å². The number of amides is 1. The number of carbonyl (C=O) groups is 1. The van der Waals surface area contributed by atoms with Gasteiger partial charge in [0.05, 0.1) is 12.6 Å². The molecule has 1 fully saturated rings. The van der Waals surface area contributed by atoms with Crippen LogP contribution in [0.1, 0.15) is 24.2 Å². The van der Waals surface area contributed by atoms with Crippen molar-refractivity contribution in [1.29, 1.82) is 0 Å². The molecule has 3 aromatic rings. The molecule has 1 aromatic heterocycles. The molecule has 2 aromatic carbocycles. The molecule has 0 aliphatic carbocycles. The quantitative estimate of drug-likeness (QED) is 0.597. The second-order valence-electron chi connectivity index (χ2n) is 7.13. The summed E-state index contributed by atoms with van der Waals surface area (Å²) in [4.78, 5) is 19.2. The molecule has 7 nitrogen and oxygen atoms in total. The molecule has 1 saturated heterocycles. The number of halogens is 1. The molecule has 1 atom stereocenters. The molecule has 4 N–H and O–H groups in total. The number of rotatable bonds is 6. The number of anilines is 1. The highest BCUT2D eigenvalue weighted by Gasteiger charge is 2.30. The van der Waals surface area contributed by atoms with Gasteiger partial charge in [-0.3, -0.25) is 14.8 Å². The number of nitrogens with one attached hydrogen (secondary N) is 2. The number of aromatic amines is 1. The zero-order valence-corrected chi connectivity index (χ0v) is 15.9. The van der Waals surface area contributed by atoms with Crippen molar-refractivity contribution in [3.63, 3.8) is 0 Å². The zero-order chi connectivity index (χ0) is 20.2. The van der Waals surface area contributed by atoms with E-state index in [4.69, 9.17) is 5.73 Å². The summed E-state index contributed by atoms with van der Waals surface area (Å²) < 4.78 is 13.1. The van der Waals surface area contributed by atoms with E-state index in [1.54, 1.807) is 12.1 Å². The number of aromatic nitrogens is 3. The second-order valence-corrected chi connectivity index (χ2v) is 7.13. The molecule has 4 rings (SSSR count). The molecule has 0 saturated carbocycles. The van der Waals surface area contributed by atoms with Crippen LogP contribution in [0.5, 0.6) is 0 Å². The first-order valence-corrected chi connectivity index (χ1v) is 9.63. The molecule has 150 valence electrons. The minimum absolute atomic E-state index is 0.0272. The lowest BCUT2D eigenvalue weighted by atomic mass is 10.1. The van der Waals surface area contributed by atoms with Crippen molar-refractivity contribution in [2.24, 2.45) is 5.73 Å². The van der Waals surface area contributed by atoms with Crippen molar-refractivity contribution in [3.8, 4) is 11.4 Å². The van der Waals surface area contributed by atoms with Crippen LogP contribution in [0.3, 0.4) is 0 Å². The van der Waals surface area contributed by atoms with E-state index < -0.39 is 0 Å². The highest BCUT2D eigenvalue weighted by Crippen LogP contribution is 2.23. The Balaban J connectivity index is 1.39. The highest BCUT2D eigenvalue weighted by atomic mass is 19.1. The van der Waals surface area contributed by atoms with Crippen LogP contribution in [-0.2, 0) is 17.9 Å². The zero-order valence-electron chi connectivity index (χ0n) is 15.9. The van der Waals surface area contributed by atoms with Gasteiger partial charge in [0, 0.05) is 17.8 Å². The Morgan fingerprint density at radius 2 is 1.97 bits per heavy atom. The maximum Gasteiger partial charge on any atom is 0.241 e. The smallest absolute Gasteiger partial charge is 0.241 e. The minimum Gasteiger partial charge on any atom is -0.325 e. The summed E-state index contributed by atoms with van der Waals surface area (Å²) in [5, 5.41) is 9.91. The van der Waals surface area contributed by atoms with Gasteiger partial charge in [0.25, 0.3) is 0 Å². The van der Waals surface area contributed by atoms with E-state index in [0.29, 0.717) is 24.7 Å². The van der Waals surface area contributed by atoms with E-state index in [-0.39, 0.29) is 17.8 Å². The number of nitrogens with zero attached hydrogens (tertiary/aromatic N) is 3. The van der Waals surface area contributed by atoms with Crippen LogP contribution in [0.4, 0.5) is 10.1 Å². The number of carbonyl (C=O) groups excluding carboxylic acids is 1. The topological polar surface area (TPSA) is 99.9 Å². The molecule has 29 heavy (non-hydrogen) atoms. The summed E-state index contributed by atoms with van der Waals surface area (Å²) >= 11 is 0. The summed E-state index contributed by atoms with van der Waals surface area (Å²) in [6.07, 6.45) is 1.77. The number of H-pyrrole nitrogens is 1. The Kier molecular flexibility index (Phi) is 5.64. The van der Waals surface area contributed by atoms with E-state index in [1.807, 2.05) is 24.3 Å². The standard InChI is InChI=1S/C21H23FN6O/c22-16-7-3-14(4-8-16)13-28-11-1-2-18(28)21(29)24-17-9-5-15(6-10-17)20-25-19(12-23)26-27-20/h3-10,18H,1-2,11-13,23H2,(H,24,29)(H,25,26,27). The Hall–Kier alpha value is -3.10. The number of benzene rings is 2. The van der Waals surface area contributed by atoms with E-state index in [1.165, 1.54) is 12.1 Å². The van der Waals surface area contributed by atoms with Crippen molar-refractivity contribution < 1.29 is 9.18 Å². The third-order valence-corrected chi connectivity index (χ3v) is 5.10. The molecule has 0 bridgehead atoms. The maximum absolute atomic E-state index is 13.1. The molecule has 1 unspecified atom stereocenters. The van der Waals surface area contributed by atoms with Crippen LogP contribution in [0.2, 0.25) is 0 Å². The van der Waals surface area contributed by atoms with Gasteiger partial charge < -0.3 is 11.1 Å². The van der Waals surface area contributed by atoms with Gasteiger partial charge >= 0.3 is 0 Å². The van der Waals surface area contributed by atoms with Crippen molar-refractivity contribution in [2.75, 3.05) is 11.9 Å². The Bertz CT molecular complexity index is 970. The first-order valence-electron chi connectivity index (χ1n) is 9.63. The molecule has 1 aliphatic rings. The predicted octanol–water partition coefficient (Wildman–Crippen LogP) is 2.67. The van der Waals surface area contributed by atoms with Gasteiger partial charge in [-0.2, -0.15) is 5.10 Å².